The van der Waals surface area contributed by atoms with Gasteiger partial charge in [0, 0.05) is 25.0 Å². The lowest BCUT2D eigenvalue weighted by Gasteiger charge is -2.22. The molecule has 0 aliphatic rings. The fourth-order valence-corrected chi connectivity index (χ4v) is 2.63. The van der Waals surface area contributed by atoms with Crippen LogP contribution in [-0.2, 0) is 7.05 Å². The van der Waals surface area contributed by atoms with Gasteiger partial charge in [-0.3, -0.25) is 4.79 Å². The first kappa shape index (κ1) is 16.1. The van der Waals surface area contributed by atoms with Crippen molar-refractivity contribution in [3.63, 3.8) is 0 Å². The van der Waals surface area contributed by atoms with E-state index in [2.05, 4.69) is 20.5 Å². The Morgan fingerprint density at radius 2 is 2.17 bits per heavy atom. The van der Waals surface area contributed by atoms with Gasteiger partial charge in [-0.1, -0.05) is 29.8 Å². The van der Waals surface area contributed by atoms with Gasteiger partial charge < -0.3 is 14.6 Å². The van der Waals surface area contributed by atoms with E-state index in [1.807, 2.05) is 42.1 Å². The van der Waals surface area contributed by atoms with E-state index in [9.17, 15) is 4.79 Å². The Labute approximate surface area is 143 Å². The molecule has 3 aromatic rings. The van der Waals surface area contributed by atoms with Gasteiger partial charge >= 0.3 is 0 Å². The molecule has 0 aliphatic heterocycles. The number of halogens is 1. The summed E-state index contributed by atoms with van der Waals surface area (Å²) in [5, 5.41) is 9.38. The maximum absolute atomic E-state index is 11.7. The molecule has 8 heteroatoms. The highest BCUT2D eigenvalue weighted by Crippen LogP contribution is 2.32. The monoisotopic (exact) mass is 345 g/mol. The number of hydrogen-bond donors (Lipinski definition) is 2. The standard InChI is InChI=1S/C16H16ClN5O2/c1-22-8-7-18-15(22)14(10-5-3-4-6-12(10)24-2)20-11-9-19-21-16(23)13(11)17/h3-9,14H,1-2H3,(H2,20,21,23). The highest BCUT2D eigenvalue weighted by molar-refractivity contribution is 6.32. The third-order valence-corrected chi connectivity index (χ3v) is 4.04. The molecule has 0 radical (unpaired) electrons. The topological polar surface area (TPSA) is 84.8 Å². The van der Waals surface area contributed by atoms with E-state index < -0.39 is 5.56 Å². The minimum Gasteiger partial charge on any atom is -0.496 e. The van der Waals surface area contributed by atoms with E-state index in [0.717, 1.165) is 11.4 Å². The molecule has 2 heterocycles. The number of aryl methyl sites for hydroxylation is 1. The predicted molar refractivity (Wildman–Crippen MR) is 91.5 cm³/mol. The molecule has 0 spiro atoms. The lowest BCUT2D eigenvalue weighted by atomic mass is 10.0. The number of hydrogen-bond acceptors (Lipinski definition) is 5. The Morgan fingerprint density at radius 1 is 1.38 bits per heavy atom. The van der Waals surface area contributed by atoms with Crippen LogP contribution in [0.5, 0.6) is 5.75 Å². The van der Waals surface area contributed by atoms with Crippen LogP contribution in [0, 0.1) is 0 Å². The summed E-state index contributed by atoms with van der Waals surface area (Å²) in [6.07, 6.45) is 5.02. The van der Waals surface area contributed by atoms with Gasteiger partial charge in [-0.15, -0.1) is 0 Å². The average Bonchev–Trinajstić information content (AvgIpc) is 3.02. The molecule has 1 atom stereocenters. The third-order valence-electron chi connectivity index (χ3n) is 3.66. The van der Waals surface area contributed by atoms with Crippen LogP contribution in [0.3, 0.4) is 0 Å². The summed E-state index contributed by atoms with van der Waals surface area (Å²) < 4.78 is 7.35. The van der Waals surface area contributed by atoms with Gasteiger partial charge in [-0.25, -0.2) is 10.1 Å². The molecule has 1 aromatic carbocycles. The lowest BCUT2D eigenvalue weighted by molar-refractivity contribution is 0.408. The molecule has 0 fully saturated rings. The van der Waals surface area contributed by atoms with Crippen LogP contribution < -0.4 is 15.6 Å². The first-order valence-electron chi connectivity index (χ1n) is 7.21. The van der Waals surface area contributed by atoms with Crippen LogP contribution in [-0.4, -0.2) is 26.9 Å². The van der Waals surface area contributed by atoms with Crippen molar-refractivity contribution in [1.82, 2.24) is 19.7 Å². The van der Waals surface area contributed by atoms with E-state index >= 15 is 0 Å². The maximum atomic E-state index is 11.7. The molecule has 3 rings (SSSR count). The van der Waals surface area contributed by atoms with Gasteiger partial charge in [0.15, 0.2) is 0 Å². The van der Waals surface area contributed by atoms with E-state index in [1.54, 1.807) is 13.3 Å². The molecule has 2 N–H and O–H groups in total. The van der Waals surface area contributed by atoms with Crippen molar-refractivity contribution < 1.29 is 4.74 Å². The van der Waals surface area contributed by atoms with Crippen molar-refractivity contribution >= 4 is 17.3 Å². The van der Waals surface area contributed by atoms with Crippen molar-refractivity contribution in [3.05, 3.63) is 69.6 Å². The number of nitrogens with zero attached hydrogens (tertiary/aromatic N) is 3. The summed E-state index contributed by atoms with van der Waals surface area (Å²) in [6, 6.07) is 7.22. The fraction of sp³-hybridized carbons (Fsp3) is 0.188. The zero-order valence-electron chi connectivity index (χ0n) is 13.2. The van der Waals surface area contributed by atoms with Gasteiger partial charge in [0.1, 0.15) is 22.6 Å². The molecule has 2 aromatic heterocycles. The van der Waals surface area contributed by atoms with Crippen molar-refractivity contribution in [2.24, 2.45) is 7.05 Å². The summed E-state index contributed by atoms with van der Waals surface area (Å²) in [6.45, 7) is 0. The Hall–Kier alpha value is -2.80. The summed E-state index contributed by atoms with van der Waals surface area (Å²) in [5.41, 5.74) is 0.824. The second-order valence-electron chi connectivity index (χ2n) is 5.14. The Kier molecular flexibility index (Phi) is 4.52. The van der Waals surface area contributed by atoms with Gasteiger partial charge in [0.2, 0.25) is 0 Å². The number of ether oxygens (including phenoxy) is 1. The Morgan fingerprint density at radius 3 is 2.88 bits per heavy atom. The zero-order chi connectivity index (χ0) is 17.1. The van der Waals surface area contributed by atoms with Crippen molar-refractivity contribution in [2.75, 3.05) is 12.4 Å². The normalized spacial score (nSPS) is 12.0. The highest BCUT2D eigenvalue weighted by Gasteiger charge is 2.23. The van der Waals surface area contributed by atoms with Crippen molar-refractivity contribution in [2.45, 2.75) is 6.04 Å². The first-order valence-corrected chi connectivity index (χ1v) is 7.59. The van der Waals surface area contributed by atoms with E-state index in [4.69, 9.17) is 16.3 Å². The lowest BCUT2D eigenvalue weighted by Crippen LogP contribution is -2.20. The number of imidazole rings is 1. The number of anilines is 1. The number of aromatic amines is 1. The highest BCUT2D eigenvalue weighted by atomic mass is 35.5. The summed E-state index contributed by atoms with van der Waals surface area (Å²) >= 11 is 6.09. The minimum absolute atomic E-state index is 0.0408. The SMILES string of the molecule is COc1ccccc1C(Nc1cn[nH]c(=O)c1Cl)c1nccn1C. The number of nitrogens with one attached hydrogen (secondary N) is 2. The molecule has 124 valence electrons. The quantitative estimate of drug-likeness (QED) is 0.741. The molecular weight excluding hydrogens is 330 g/mol. The number of H-pyrrole nitrogens is 1. The van der Waals surface area contributed by atoms with Crippen LogP contribution in [0.1, 0.15) is 17.4 Å². The molecule has 0 saturated carbocycles. The number of rotatable bonds is 5. The molecule has 7 nitrogen and oxygen atoms in total. The Balaban J connectivity index is 2.11. The smallest absolute Gasteiger partial charge is 0.285 e. The Bertz CT molecular complexity index is 905. The van der Waals surface area contributed by atoms with Gasteiger partial charge in [-0.05, 0) is 6.07 Å². The summed E-state index contributed by atoms with van der Waals surface area (Å²) in [4.78, 5) is 16.1. The number of benzene rings is 1. The molecule has 0 aliphatic carbocycles. The largest absolute Gasteiger partial charge is 0.496 e. The van der Waals surface area contributed by atoms with Crippen molar-refractivity contribution in [3.8, 4) is 5.75 Å². The first-order chi connectivity index (χ1) is 11.6. The van der Waals surface area contributed by atoms with E-state index in [0.29, 0.717) is 11.4 Å². The van der Waals surface area contributed by atoms with Crippen LogP contribution in [0.15, 0.2) is 47.7 Å². The average molecular weight is 346 g/mol. The number of methoxy groups -OCH3 is 1. The third kappa shape index (κ3) is 2.98. The van der Waals surface area contributed by atoms with Crippen LogP contribution in [0.4, 0.5) is 5.69 Å². The van der Waals surface area contributed by atoms with Crippen LogP contribution >= 0.6 is 11.6 Å². The zero-order valence-corrected chi connectivity index (χ0v) is 13.9. The van der Waals surface area contributed by atoms with Crippen LogP contribution in [0.2, 0.25) is 5.02 Å². The van der Waals surface area contributed by atoms with Crippen molar-refractivity contribution in [1.29, 1.82) is 0 Å². The maximum Gasteiger partial charge on any atom is 0.285 e. The molecule has 0 bridgehead atoms. The number of para-hydroxylation sites is 1. The fourth-order valence-electron chi connectivity index (χ4n) is 2.48. The van der Waals surface area contributed by atoms with Crippen LogP contribution in [0.25, 0.3) is 0 Å². The predicted octanol–water partition coefficient (Wildman–Crippen LogP) is 2.37. The second-order valence-corrected chi connectivity index (χ2v) is 5.52. The van der Waals surface area contributed by atoms with Gasteiger partial charge in [-0.2, -0.15) is 5.10 Å². The summed E-state index contributed by atoms with van der Waals surface area (Å²) in [5.74, 6) is 1.45. The molecular formula is C16H16ClN5O2. The minimum atomic E-state index is -0.458. The molecule has 24 heavy (non-hydrogen) atoms. The van der Waals surface area contributed by atoms with Gasteiger partial charge in [0.05, 0.1) is 19.0 Å². The molecule has 1 unspecified atom stereocenters. The molecule has 0 saturated heterocycles. The summed E-state index contributed by atoms with van der Waals surface area (Å²) in [7, 11) is 3.50. The number of aromatic nitrogens is 4. The van der Waals surface area contributed by atoms with E-state index in [-0.39, 0.29) is 11.1 Å². The van der Waals surface area contributed by atoms with Gasteiger partial charge in [0.25, 0.3) is 5.56 Å². The van der Waals surface area contributed by atoms with E-state index in [1.165, 1.54) is 6.20 Å². The second kappa shape index (κ2) is 6.76. The molecule has 0 amide bonds.